The van der Waals surface area contributed by atoms with Gasteiger partial charge in [-0.2, -0.15) is 0 Å². The van der Waals surface area contributed by atoms with Gasteiger partial charge in [0.05, 0.1) is 6.16 Å². The lowest BCUT2D eigenvalue weighted by Gasteiger charge is -2.28. The van der Waals surface area contributed by atoms with Gasteiger partial charge in [0.15, 0.2) is 0 Å². The van der Waals surface area contributed by atoms with Crippen LogP contribution in [0.3, 0.4) is 0 Å². The maximum atomic E-state index is 3.78. The fourth-order valence-corrected chi connectivity index (χ4v) is 8.56. The van der Waals surface area contributed by atoms with E-state index >= 15 is 0 Å². The van der Waals surface area contributed by atoms with Gasteiger partial charge in [-0.05, 0) is 42.5 Å². The molecule has 0 N–H and O–H groups in total. The van der Waals surface area contributed by atoms with Gasteiger partial charge in [0.1, 0.15) is 23.2 Å². The minimum Gasteiger partial charge on any atom is -0.114 e. The molecule has 0 fully saturated rings. The van der Waals surface area contributed by atoms with E-state index in [1.165, 1.54) is 25.9 Å². The molecule has 140 valence electrons. The summed E-state index contributed by atoms with van der Waals surface area (Å²) in [6, 6.07) is 41.7. The zero-order chi connectivity index (χ0) is 18.5. The third kappa shape index (κ3) is 4.15. The van der Waals surface area contributed by atoms with Crippen molar-refractivity contribution in [2.24, 2.45) is 0 Å². The molecule has 0 aliphatic heterocycles. The molecule has 0 atom stereocenters. The van der Waals surface area contributed by atoms with Crippen LogP contribution in [0.15, 0.2) is 120 Å². The lowest BCUT2D eigenvalue weighted by atomic mass is 10.2. The fraction of sp³-hybridized carbons (Fsp3) is 0.0400. The molecule has 4 aromatic rings. The van der Waals surface area contributed by atoms with Crippen LogP contribution in [0.25, 0.3) is 0 Å². The van der Waals surface area contributed by atoms with E-state index in [0.717, 1.165) is 6.16 Å². The Morgan fingerprint density at radius 3 is 1.25 bits per heavy atom. The molecule has 0 nitrogen and oxygen atoms in total. The quantitative estimate of drug-likeness (QED) is 0.267. The smallest absolute Gasteiger partial charge is 0.114 e. The van der Waals surface area contributed by atoms with Crippen molar-refractivity contribution < 1.29 is 0 Å². The van der Waals surface area contributed by atoms with Crippen LogP contribution in [0.4, 0.5) is 0 Å². The zero-order valence-corrected chi connectivity index (χ0v) is 19.6. The van der Waals surface area contributed by atoms with E-state index in [1.807, 2.05) is 0 Å². The number of hydrogen-bond acceptors (Lipinski definition) is 0. The molecule has 3 heteroatoms. The molecule has 4 rings (SSSR count). The predicted octanol–water partition coefficient (Wildman–Crippen LogP) is 6.52. The maximum Gasteiger partial charge on any atom is 0.116 e. The van der Waals surface area contributed by atoms with Gasteiger partial charge in [-0.25, -0.2) is 0 Å². The first kappa shape index (κ1) is 21.0. The van der Waals surface area contributed by atoms with Crippen LogP contribution in [-0.4, -0.2) is 0 Å². The van der Waals surface area contributed by atoms with Crippen molar-refractivity contribution in [3.63, 3.8) is 0 Å². The zero-order valence-electron chi connectivity index (χ0n) is 15.4. The summed E-state index contributed by atoms with van der Waals surface area (Å²) in [5, 5.41) is 4.24. The van der Waals surface area contributed by atoms with Gasteiger partial charge >= 0.3 is 0 Å². The first-order chi connectivity index (χ1) is 13.3. The summed E-state index contributed by atoms with van der Waals surface area (Å²) in [6.07, 6.45) is 0.993. The van der Waals surface area contributed by atoms with Crippen molar-refractivity contribution in [2.75, 3.05) is 0 Å². The Kier molecular flexibility index (Phi) is 7.24. The molecule has 0 saturated carbocycles. The molecular weight excluding hydrogens is 491 g/mol. The van der Waals surface area contributed by atoms with Crippen LogP contribution in [-0.2, 0) is 6.16 Å². The second-order valence-electron chi connectivity index (χ2n) is 6.57. The Morgan fingerprint density at radius 2 is 0.857 bits per heavy atom. The lowest BCUT2D eigenvalue weighted by Crippen LogP contribution is -2.32. The molecule has 0 bridgehead atoms. The average molecular weight is 513 g/mol. The molecular formula is C25H22Br2P+. The van der Waals surface area contributed by atoms with E-state index in [-0.39, 0.29) is 17.0 Å². The average Bonchev–Trinajstić information content (AvgIpc) is 2.75. The summed E-state index contributed by atoms with van der Waals surface area (Å²) < 4.78 is 1.18. The number of rotatable bonds is 5. The van der Waals surface area contributed by atoms with Crippen LogP contribution >= 0.6 is 40.2 Å². The Morgan fingerprint density at radius 1 is 0.500 bits per heavy atom. The van der Waals surface area contributed by atoms with Crippen molar-refractivity contribution in [3.05, 3.63) is 125 Å². The first-order valence-corrected chi connectivity index (χ1v) is 11.9. The summed E-state index contributed by atoms with van der Waals surface area (Å²) in [6.45, 7) is 0. The summed E-state index contributed by atoms with van der Waals surface area (Å²) in [5.41, 5.74) is 1.35. The van der Waals surface area contributed by atoms with E-state index in [1.54, 1.807) is 0 Å². The van der Waals surface area contributed by atoms with Crippen LogP contribution in [0.1, 0.15) is 5.56 Å². The highest BCUT2D eigenvalue weighted by molar-refractivity contribution is 9.10. The summed E-state index contributed by atoms with van der Waals surface area (Å²) in [5.74, 6) is 0. The highest BCUT2D eigenvalue weighted by atomic mass is 79.9. The Labute approximate surface area is 186 Å². The molecule has 0 aliphatic rings. The summed E-state index contributed by atoms with van der Waals surface area (Å²) in [4.78, 5) is 0. The Hall–Kier alpha value is -1.73. The second-order valence-corrected chi connectivity index (χ2v) is 10.9. The SMILES string of the molecule is Br.Brc1ccccc1C[P+](c1ccccc1)(c1ccccc1)c1ccccc1. The number of halogens is 2. The van der Waals surface area contributed by atoms with Gasteiger partial charge in [0, 0.05) is 10.0 Å². The van der Waals surface area contributed by atoms with Gasteiger partial charge in [-0.15, -0.1) is 17.0 Å². The van der Waals surface area contributed by atoms with Gasteiger partial charge in [0.2, 0.25) is 0 Å². The van der Waals surface area contributed by atoms with Gasteiger partial charge in [-0.1, -0.05) is 88.7 Å². The Balaban J connectivity index is 0.00000225. The Bertz CT molecular complexity index is 905. The largest absolute Gasteiger partial charge is 0.116 e. The monoisotopic (exact) mass is 511 g/mol. The summed E-state index contributed by atoms with van der Waals surface area (Å²) in [7, 11) is -1.83. The summed E-state index contributed by atoms with van der Waals surface area (Å²) >= 11 is 3.78. The van der Waals surface area contributed by atoms with Crippen LogP contribution in [0.5, 0.6) is 0 Å². The van der Waals surface area contributed by atoms with E-state index in [9.17, 15) is 0 Å². The normalized spacial score (nSPS) is 10.9. The van der Waals surface area contributed by atoms with Crippen molar-refractivity contribution in [1.29, 1.82) is 0 Å². The predicted molar refractivity (Wildman–Crippen MR) is 133 cm³/mol. The molecule has 0 amide bonds. The highest BCUT2D eigenvalue weighted by Crippen LogP contribution is 2.58. The van der Waals surface area contributed by atoms with E-state index in [0.29, 0.717) is 0 Å². The van der Waals surface area contributed by atoms with Gasteiger partial charge in [0.25, 0.3) is 0 Å². The molecule has 0 saturated heterocycles. The van der Waals surface area contributed by atoms with Crippen LogP contribution in [0, 0.1) is 0 Å². The van der Waals surface area contributed by atoms with Crippen LogP contribution in [0.2, 0.25) is 0 Å². The van der Waals surface area contributed by atoms with Crippen LogP contribution < -0.4 is 15.9 Å². The van der Waals surface area contributed by atoms with E-state index < -0.39 is 7.26 Å². The maximum absolute atomic E-state index is 3.78. The third-order valence-electron chi connectivity index (χ3n) is 4.96. The third-order valence-corrected chi connectivity index (χ3v) is 10.1. The van der Waals surface area contributed by atoms with Crippen molar-refractivity contribution in [2.45, 2.75) is 6.16 Å². The lowest BCUT2D eigenvalue weighted by molar-refractivity contribution is 1.36. The molecule has 0 aliphatic carbocycles. The minimum atomic E-state index is -1.83. The van der Waals surface area contributed by atoms with E-state index in [2.05, 4.69) is 131 Å². The molecule has 28 heavy (non-hydrogen) atoms. The van der Waals surface area contributed by atoms with E-state index in [4.69, 9.17) is 0 Å². The second kappa shape index (κ2) is 9.65. The molecule has 0 radical (unpaired) electrons. The topological polar surface area (TPSA) is 0 Å². The van der Waals surface area contributed by atoms with Gasteiger partial charge < -0.3 is 0 Å². The van der Waals surface area contributed by atoms with Crippen molar-refractivity contribution >= 4 is 56.1 Å². The van der Waals surface area contributed by atoms with Crippen molar-refractivity contribution in [3.8, 4) is 0 Å². The standard InChI is InChI=1S/C25H21BrP.BrH/c26-25-19-11-10-12-21(25)20-27(22-13-4-1-5-14-22,23-15-6-2-7-16-23)24-17-8-3-9-18-24;/h1-19H,20H2;1H/q+1;. The number of hydrogen-bond donors (Lipinski definition) is 0. The molecule has 0 unspecified atom stereocenters. The molecule has 0 heterocycles. The first-order valence-electron chi connectivity index (χ1n) is 9.09. The molecule has 4 aromatic carbocycles. The van der Waals surface area contributed by atoms with Gasteiger partial charge in [-0.3, -0.25) is 0 Å². The van der Waals surface area contributed by atoms with Crippen molar-refractivity contribution in [1.82, 2.24) is 0 Å². The molecule has 0 aromatic heterocycles. The number of benzene rings is 4. The highest BCUT2D eigenvalue weighted by Gasteiger charge is 2.45. The fourth-order valence-electron chi connectivity index (χ4n) is 3.65. The minimum absolute atomic E-state index is 0. The molecule has 0 spiro atoms.